The lowest BCUT2D eigenvalue weighted by molar-refractivity contribution is -0.141. The molecule has 0 bridgehead atoms. The van der Waals surface area contributed by atoms with E-state index in [1.807, 2.05) is 0 Å². The molecule has 0 spiro atoms. The highest BCUT2D eigenvalue weighted by molar-refractivity contribution is 5.79. The lowest BCUT2D eigenvalue weighted by Crippen LogP contribution is -2.45. The molecule has 0 heterocycles. The zero-order valence-electron chi connectivity index (χ0n) is 13.1. The highest BCUT2D eigenvalue weighted by Crippen LogP contribution is 2.18. The number of hydrogen-bond donors (Lipinski definition) is 1. The predicted octanol–water partition coefficient (Wildman–Crippen LogP) is 3.66. The number of nitrogens with one attached hydrogen (secondary N) is 1. The fourth-order valence-electron chi connectivity index (χ4n) is 2.18. The molecule has 0 aliphatic carbocycles. The number of hydrogen-bond acceptors (Lipinski definition) is 3. The minimum Gasteiger partial charge on any atom is -0.425 e. The summed E-state index contributed by atoms with van der Waals surface area (Å²) in [4.78, 5) is 12.3. The van der Waals surface area contributed by atoms with Gasteiger partial charge in [-0.2, -0.15) is 13.2 Å². The summed E-state index contributed by atoms with van der Waals surface area (Å²) in [5.74, 6) is -0.397. The molecule has 1 N–H and O–H groups in total. The average Bonchev–Trinajstić information content (AvgIpc) is 2.53. The van der Waals surface area contributed by atoms with Gasteiger partial charge in [0.1, 0.15) is 11.8 Å². The van der Waals surface area contributed by atoms with E-state index in [4.69, 9.17) is 4.74 Å². The lowest BCUT2D eigenvalue weighted by atomic mass is 10.1. The van der Waals surface area contributed by atoms with E-state index in [1.165, 1.54) is 0 Å². The summed E-state index contributed by atoms with van der Waals surface area (Å²) in [6.45, 7) is 0.505. The normalized spacial score (nSPS) is 12.7. The first-order chi connectivity index (χ1) is 11.3. The molecule has 0 fully saturated rings. The molecule has 0 amide bonds. The molecule has 2 aromatic carbocycles. The van der Waals surface area contributed by atoms with Crippen LogP contribution in [0.25, 0.3) is 0 Å². The van der Waals surface area contributed by atoms with Crippen molar-refractivity contribution in [2.75, 3.05) is 6.54 Å². The van der Waals surface area contributed by atoms with Gasteiger partial charge in [0.05, 0.1) is 6.54 Å². The summed E-state index contributed by atoms with van der Waals surface area (Å²) in [6.07, 6.45) is -4.29. The molecule has 0 aliphatic heterocycles. The van der Waals surface area contributed by atoms with Crippen molar-refractivity contribution in [2.45, 2.75) is 25.6 Å². The van der Waals surface area contributed by atoms with Crippen LogP contribution < -0.4 is 10.1 Å². The number of para-hydroxylation sites is 1. The first-order valence-corrected chi connectivity index (χ1v) is 7.46. The van der Waals surface area contributed by atoms with Gasteiger partial charge in [-0.1, -0.05) is 48.5 Å². The molecule has 0 saturated carbocycles. The highest BCUT2D eigenvalue weighted by atomic mass is 19.4. The van der Waals surface area contributed by atoms with E-state index >= 15 is 0 Å². The quantitative estimate of drug-likeness (QED) is 0.646. The van der Waals surface area contributed by atoms with E-state index in [1.54, 1.807) is 61.5 Å². The third kappa shape index (κ3) is 5.70. The summed E-state index contributed by atoms with van der Waals surface area (Å²) in [7, 11) is 0. The van der Waals surface area contributed by atoms with Crippen LogP contribution in [0.1, 0.15) is 11.1 Å². The van der Waals surface area contributed by atoms with Crippen LogP contribution >= 0.6 is 0 Å². The molecule has 6 heteroatoms. The molecule has 2 aromatic rings. The van der Waals surface area contributed by atoms with Gasteiger partial charge in [-0.05, 0) is 30.5 Å². The number of alkyl halides is 3. The van der Waals surface area contributed by atoms with Gasteiger partial charge in [0.2, 0.25) is 0 Å². The standard InChI is InChI=1S/C18H18F3NO2/c1-13-7-5-6-10-16(13)24-17(23)15(22-12-18(19,20)21)11-14-8-3-2-4-9-14/h2-10,15,22H,11-12H2,1H3/t15-/m0/s1. The van der Waals surface area contributed by atoms with Crippen LogP contribution in [0.2, 0.25) is 0 Å². The Morgan fingerprint density at radius 2 is 1.71 bits per heavy atom. The van der Waals surface area contributed by atoms with Crippen molar-refractivity contribution in [1.82, 2.24) is 5.32 Å². The second-order valence-corrected chi connectivity index (χ2v) is 5.42. The Bertz CT molecular complexity index is 671. The first-order valence-electron chi connectivity index (χ1n) is 7.46. The van der Waals surface area contributed by atoms with Crippen LogP contribution in [-0.4, -0.2) is 24.7 Å². The maximum Gasteiger partial charge on any atom is 0.401 e. The van der Waals surface area contributed by atoms with E-state index in [2.05, 4.69) is 5.32 Å². The van der Waals surface area contributed by atoms with E-state index < -0.39 is 24.7 Å². The molecule has 3 nitrogen and oxygen atoms in total. The van der Waals surface area contributed by atoms with Crippen molar-refractivity contribution < 1.29 is 22.7 Å². The number of rotatable bonds is 6. The van der Waals surface area contributed by atoms with E-state index in [0.717, 1.165) is 11.1 Å². The predicted molar refractivity (Wildman–Crippen MR) is 84.8 cm³/mol. The SMILES string of the molecule is Cc1ccccc1OC(=O)[C@H](Cc1ccccc1)NCC(F)(F)F. The van der Waals surface area contributed by atoms with E-state index in [9.17, 15) is 18.0 Å². The van der Waals surface area contributed by atoms with Crippen molar-refractivity contribution in [3.8, 4) is 5.75 Å². The van der Waals surface area contributed by atoms with Crippen molar-refractivity contribution in [3.05, 3.63) is 65.7 Å². The Kier molecular flexibility index (Phi) is 5.98. The van der Waals surface area contributed by atoms with Gasteiger partial charge >= 0.3 is 12.1 Å². The van der Waals surface area contributed by atoms with Crippen molar-refractivity contribution in [2.24, 2.45) is 0 Å². The maximum atomic E-state index is 12.5. The second kappa shape index (κ2) is 7.97. The number of esters is 1. The third-order valence-corrected chi connectivity index (χ3v) is 3.42. The number of benzene rings is 2. The monoisotopic (exact) mass is 337 g/mol. The highest BCUT2D eigenvalue weighted by Gasteiger charge is 2.31. The largest absolute Gasteiger partial charge is 0.425 e. The molecule has 24 heavy (non-hydrogen) atoms. The first kappa shape index (κ1) is 18.0. The summed E-state index contributed by atoms with van der Waals surface area (Å²) in [6, 6.07) is 14.6. The van der Waals surface area contributed by atoms with Gasteiger partial charge in [0.15, 0.2) is 0 Å². The zero-order chi connectivity index (χ0) is 17.6. The second-order valence-electron chi connectivity index (χ2n) is 5.42. The molecule has 0 saturated heterocycles. The van der Waals surface area contributed by atoms with Crippen molar-refractivity contribution in [1.29, 1.82) is 0 Å². The van der Waals surface area contributed by atoms with Crippen molar-refractivity contribution >= 4 is 5.97 Å². The molecule has 0 aromatic heterocycles. The van der Waals surface area contributed by atoms with Crippen LogP contribution in [0.3, 0.4) is 0 Å². The van der Waals surface area contributed by atoms with Crippen LogP contribution in [0.4, 0.5) is 13.2 Å². The van der Waals surface area contributed by atoms with Gasteiger partial charge in [-0.3, -0.25) is 5.32 Å². The summed E-state index contributed by atoms with van der Waals surface area (Å²) >= 11 is 0. The summed E-state index contributed by atoms with van der Waals surface area (Å²) in [5.41, 5.74) is 1.49. The third-order valence-electron chi connectivity index (χ3n) is 3.42. The molecule has 2 rings (SSSR count). The molecular weight excluding hydrogens is 319 g/mol. The Morgan fingerprint density at radius 3 is 2.33 bits per heavy atom. The smallest absolute Gasteiger partial charge is 0.401 e. The molecule has 0 radical (unpaired) electrons. The van der Waals surface area contributed by atoms with Crippen molar-refractivity contribution in [3.63, 3.8) is 0 Å². The molecular formula is C18H18F3NO2. The number of carbonyl (C=O) groups excluding carboxylic acids is 1. The summed E-state index contributed by atoms with van der Waals surface area (Å²) < 4.78 is 42.8. The van der Waals surface area contributed by atoms with Crippen LogP contribution in [0.15, 0.2) is 54.6 Å². The maximum absolute atomic E-state index is 12.5. The number of halogens is 3. The topological polar surface area (TPSA) is 38.3 Å². The van der Waals surface area contributed by atoms with E-state index in [0.29, 0.717) is 5.75 Å². The van der Waals surface area contributed by atoms with Gasteiger partial charge in [0, 0.05) is 0 Å². The van der Waals surface area contributed by atoms with Crippen LogP contribution in [0, 0.1) is 6.92 Å². The Morgan fingerprint density at radius 1 is 1.08 bits per heavy atom. The van der Waals surface area contributed by atoms with Gasteiger partial charge in [-0.15, -0.1) is 0 Å². The van der Waals surface area contributed by atoms with Crippen LogP contribution in [-0.2, 0) is 11.2 Å². The average molecular weight is 337 g/mol. The fourth-order valence-corrected chi connectivity index (χ4v) is 2.18. The Balaban J connectivity index is 2.11. The summed E-state index contributed by atoms with van der Waals surface area (Å²) in [5, 5.41) is 2.25. The molecule has 0 aliphatic rings. The minimum absolute atomic E-state index is 0.113. The fraction of sp³-hybridized carbons (Fsp3) is 0.278. The zero-order valence-corrected chi connectivity index (χ0v) is 13.1. The lowest BCUT2D eigenvalue weighted by Gasteiger charge is -2.19. The number of carbonyl (C=O) groups is 1. The Labute approximate surface area is 138 Å². The van der Waals surface area contributed by atoms with Gasteiger partial charge in [-0.25, -0.2) is 4.79 Å². The molecule has 128 valence electrons. The Hall–Kier alpha value is -2.34. The minimum atomic E-state index is -4.40. The van der Waals surface area contributed by atoms with Gasteiger partial charge < -0.3 is 4.74 Å². The number of aryl methyl sites for hydroxylation is 1. The van der Waals surface area contributed by atoms with Crippen LogP contribution in [0.5, 0.6) is 5.75 Å². The molecule has 1 atom stereocenters. The van der Waals surface area contributed by atoms with Gasteiger partial charge in [0.25, 0.3) is 0 Å². The number of ether oxygens (including phenoxy) is 1. The molecule has 0 unspecified atom stereocenters. The van der Waals surface area contributed by atoms with E-state index in [-0.39, 0.29) is 6.42 Å².